The van der Waals surface area contributed by atoms with Crippen LogP contribution in [0.25, 0.3) is 10.4 Å². The van der Waals surface area contributed by atoms with Crippen LogP contribution in [0.3, 0.4) is 0 Å². The standard InChI is InChI=1S/C20H25N3O3S/c1-20(2)7-6-15-14(9-20)16(19(25)26)17(27-15)13-8-11(18(24)22-3)4-5-12(13)10-23-21/h4-5,8,23H,6-7,9-10,21H2,1-3H3,(H,22,24)(H,25,26). The Morgan fingerprint density at radius 1 is 1.33 bits per heavy atom. The van der Waals surface area contributed by atoms with Crippen LogP contribution in [0, 0.1) is 5.41 Å². The zero-order chi connectivity index (χ0) is 19.8. The molecule has 0 aliphatic heterocycles. The number of aryl methyl sites for hydroxylation is 1. The minimum Gasteiger partial charge on any atom is -0.478 e. The highest BCUT2D eigenvalue weighted by Crippen LogP contribution is 2.45. The van der Waals surface area contributed by atoms with E-state index in [9.17, 15) is 14.7 Å². The second kappa shape index (κ2) is 7.42. The molecule has 1 aliphatic carbocycles. The second-order valence-corrected chi connectivity index (χ2v) is 8.79. The topological polar surface area (TPSA) is 104 Å². The van der Waals surface area contributed by atoms with Gasteiger partial charge in [0.05, 0.1) is 5.56 Å². The number of rotatable bonds is 5. The summed E-state index contributed by atoms with van der Waals surface area (Å²) in [5.74, 6) is 4.40. The van der Waals surface area contributed by atoms with E-state index in [1.165, 1.54) is 11.3 Å². The number of hydrogen-bond acceptors (Lipinski definition) is 5. The van der Waals surface area contributed by atoms with E-state index in [0.717, 1.165) is 40.8 Å². The molecule has 27 heavy (non-hydrogen) atoms. The molecule has 0 saturated heterocycles. The van der Waals surface area contributed by atoms with E-state index in [1.54, 1.807) is 19.2 Å². The van der Waals surface area contributed by atoms with Gasteiger partial charge in [0.25, 0.3) is 5.91 Å². The first-order valence-corrected chi connectivity index (χ1v) is 9.75. The van der Waals surface area contributed by atoms with Crippen molar-refractivity contribution < 1.29 is 14.7 Å². The highest BCUT2D eigenvalue weighted by Gasteiger charge is 2.33. The molecule has 144 valence electrons. The number of carboxylic acid groups (broad SMARTS) is 1. The molecule has 1 aromatic carbocycles. The molecule has 0 fully saturated rings. The summed E-state index contributed by atoms with van der Waals surface area (Å²) in [5.41, 5.74) is 6.15. The number of amides is 1. The van der Waals surface area contributed by atoms with E-state index in [4.69, 9.17) is 5.84 Å². The number of nitrogens with two attached hydrogens (primary N) is 1. The number of carboxylic acids is 1. The van der Waals surface area contributed by atoms with Crippen LogP contribution in [-0.2, 0) is 19.4 Å². The summed E-state index contributed by atoms with van der Waals surface area (Å²) in [7, 11) is 1.58. The monoisotopic (exact) mass is 387 g/mol. The van der Waals surface area contributed by atoms with Crippen molar-refractivity contribution in [1.29, 1.82) is 0 Å². The van der Waals surface area contributed by atoms with Gasteiger partial charge < -0.3 is 10.4 Å². The van der Waals surface area contributed by atoms with Crippen molar-refractivity contribution in [2.45, 2.75) is 39.7 Å². The van der Waals surface area contributed by atoms with Crippen LogP contribution < -0.4 is 16.6 Å². The quantitative estimate of drug-likeness (QED) is 0.466. The molecular formula is C20H25N3O3S. The average molecular weight is 388 g/mol. The Morgan fingerprint density at radius 2 is 2.07 bits per heavy atom. The first-order chi connectivity index (χ1) is 12.8. The predicted molar refractivity (Wildman–Crippen MR) is 107 cm³/mol. The molecule has 1 aliphatic rings. The Hall–Kier alpha value is -2.22. The van der Waals surface area contributed by atoms with E-state index >= 15 is 0 Å². The average Bonchev–Trinajstić information content (AvgIpc) is 2.99. The minimum absolute atomic E-state index is 0.0845. The van der Waals surface area contributed by atoms with Gasteiger partial charge in [-0.2, -0.15) is 0 Å². The SMILES string of the molecule is CNC(=O)c1ccc(CNN)c(-c2sc3c(c2C(=O)O)CC(C)(C)CC3)c1. The molecule has 0 unspecified atom stereocenters. The third-order valence-corrected chi connectivity index (χ3v) is 6.45. The van der Waals surface area contributed by atoms with Crippen molar-refractivity contribution in [3.8, 4) is 10.4 Å². The lowest BCUT2D eigenvalue weighted by Gasteiger charge is -2.29. The lowest BCUT2D eigenvalue weighted by molar-refractivity contribution is 0.0696. The maximum absolute atomic E-state index is 12.2. The Bertz CT molecular complexity index is 902. The van der Waals surface area contributed by atoms with E-state index < -0.39 is 5.97 Å². The van der Waals surface area contributed by atoms with Gasteiger partial charge in [0, 0.05) is 28.9 Å². The van der Waals surface area contributed by atoms with Crippen LogP contribution in [0.1, 0.15) is 57.0 Å². The molecular weight excluding hydrogens is 362 g/mol. The number of fused-ring (bicyclic) bond motifs is 1. The fourth-order valence-corrected chi connectivity index (χ4v) is 5.03. The molecule has 3 rings (SSSR count). The maximum Gasteiger partial charge on any atom is 0.337 e. The van der Waals surface area contributed by atoms with Crippen LogP contribution in [0.5, 0.6) is 0 Å². The van der Waals surface area contributed by atoms with E-state index in [-0.39, 0.29) is 11.3 Å². The summed E-state index contributed by atoms with van der Waals surface area (Å²) in [5, 5.41) is 12.6. The van der Waals surface area contributed by atoms with Crippen molar-refractivity contribution in [3.63, 3.8) is 0 Å². The molecule has 6 nitrogen and oxygen atoms in total. The van der Waals surface area contributed by atoms with Crippen molar-refractivity contribution in [2.24, 2.45) is 11.3 Å². The summed E-state index contributed by atoms with van der Waals surface area (Å²) in [6.07, 6.45) is 2.67. The summed E-state index contributed by atoms with van der Waals surface area (Å²) in [6, 6.07) is 5.32. The fourth-order valence-electron chi connectivity index (χ4n) is 3.67. The van der Waals surface area contributed by atoms with Crippen LogP contribution >= 0.6 is 11.3 Å². The molecule has 0 radical (unpaired) electrons. The molecule has 1 amide bonds. The minimum atomic E-state index is -0.919. The van der Waals surface area contributed by atoms with Crippen molar-refractivity contribution in [2.75, 3.05) is 7.05 Å². The first-order valence-electron chi connectivity index (χ1n) is 8.94. The number of hydrazine groups is 1. The van der Waals surface area contributed by atoms with Gasteiger partial charge in [-0.3, -0.25) is 16.1 Å². The smallest absolute Gasteiger partial charge is 0.337 e. The molecule has 0 bridgehead atoms. The Kier molecular flexibility index (Phi) is 5.37. The van der Waals surface area contributed by atoms with Crippen molar-refractivity contribution in [1.82, 2.24) is 10.7 Å². The Labute approximate surface area is 162 Å². The molecule has 0 saturated carbocycles. The van der Waals surface area contributed by atoms with Gasteiger partial charge in [0.15, 0.2) is 0 Å². The zero-order valence-corrected chi connectivity index (χ0v) is 16.6. The van der Waals surface area contributed by atoms with Crippen molar-refractivity contribution in [3.05, 3.63) is 45.3 Å². The van der Waals surface area contributed by atoms with Crippen LogP contribution in [0.15, 0.2) is 18.2 Å². The largest absolute Gasteiger partial charge is 0.478 e. The molecule has 7 heteroatoms. The number of carbonyl (C=O) groups is 2. The number of carbonyl (C=O) groups excluding carboxylic acids is 1. The van der Waals surface area contributed by atoms with Crippen molar-refractivity contribution >= 4 is 23.2 Å². The highest BCUT2D eigenvalue weighted by molar-refractivity contribution is 7.16. The van der Waals surface area contributed by atoms with Crippen LogP contribution in [0.2, 0.25) is 0 Å². The predicted octanol–water partition coefficient (Wildman–Crippen LogP) is 2.95. The van der Waals surface area contributed by atoms with E-state index in [2.05, 4.69) is 24.6 Å². The summed E-state index contributed by atoms with van der Waals surface area (Å²) in [4.78, 5) is 26.1. The summed E-state index contributed by atoms with van der Waals surface area (Å²) >= 11 is 1.53. The van der Waals surface area contributed by atoms with Gasteiger partial charge in [0.1, 0.15) is 0 Å². The maximum atomic E-state index is 12.2. The third-order valence-electron chi connectivity index (χ3n) is 5.12. The normalized spacial score (nSPS) is 15.3. The van der Waals surface area contributed by atoms with Crippen LogP contribution in [0.4, 0.5) is 0 Å². The third kappa shape index (κ3) is 3.76. The molecule has 5 N–H and O–H groups in total. The van der Waals surface area contributed by atoms with E-state index in [1.807, 2.05) is 6.07 Å². The number of benzene rings is 1. The lowest BCUT2D eigenvalue weighted by atomic mass is 9.76. The van der Waals surface area contributed by atoms with E-state index in [0.29, 0.717) is 22.5 Å². The Morgan fingerprint density at radius 3 is 2.70 bits per heavy atom. The molecule has 0 spiro atoms. The number of aromatic carboxylic acids is 1. The highest BCUT2D eigenvalue weighted by atomic mass is 32.1. The number of thiophene rings is 1. The van der Waals surface area contributed by atoms with Gasteiger partial charge in [-0.05, 0) is 53.5 Å². The molecule has 0 atom stereocenters. The Balaban J connectivity index is 2.23. The first kappa shape index (κ1) is 19.5. The summed E-state index contributed by atoms with van der Waals surface area (Å²) in [6.45, 7) is 4.74. The fraction of sp³-hybridized carbons (Fsp3) is 0.400. The lowest BCUT2D eigenvalue weighted by Crippen LogP contribution is -2.23. The summed E-state index contributed by atoms with van der Waals surface area (Å²) < 4.78 is 0. The number of nitrogens with one attached hydrogen (secondary N) is 2. The number of hydrogen-bond donors (Lipinski definition) is 4. The van der Waals surface area contributed by atoms with Gasteiger partial charge in [0.2, 0.25) is 0 Å². The second-order valence-electron chi connectivity index (χ2n) is 7.69. The van der Waals surface area contributed by atoms with Crippen LogP contribution in [-0.4, -0.2) is 24.0 Å². The van der Waals surface area contributed by atoms with Gasteiger partial charge >= 0.3 is 5.97 Å². The van der Waals surface area contributed by atoms with Gasteiger partial charge in [-0.25, -0.2) is 4.79 Å². The molecule has 1 aromatic heterocycles. The molecule has 1 heterocycles. The molecule has 2 aromatic rings. The zero-order valence-electron chi connectivity index (χ0n) is 15.8. The van der Waals surface area contributed by atoms with Gasteiger partial charge in [-0.1, -0.05) is 19.9 Å². The van der Waals surface area contributed by atoms with Gasteiger partial charge in [-0.15, -0.1) is 11.3 Å².